The fraction of sp³-hybridized carbons (Fsp3) is 0.633. The monoisotopic (exact) mass is 524 g/mol. The lowest BCUT2D eigenvalue weighted by atomic mass is 9.70. The second-order valence-electron chi connectivity index (χ2n) is 11.2. The predicted octanol–water partition coefficient (Wildman–Crippen LogP) is 2.88. The number of amides is 2. The molecule has 6 atom stereocenters. The molecule has 8 heteroatoms. The van der Waals surface area contributed by atoms with Crippen LogP contribution in [0.2, 0.25) is 0 Å². The number of aliphatic hydroxyl groups excluding tert-OH is 1. The van der Waals surface area contributed by atoms with Gasteiger partial charge in [-0.2, -0.15) is 0 Å². The molecule has 1 aliphatic carbocycles. The minimum absolute atomic E-state index is 0.0720. The third-order valence-electron chi connectivity index (χ3n) is 9.07. The number of fused-ring (bicyclic) bond motifs is 1. The molecule has 206 valence electrons. The maximum atomic E-state index is 14.6. The van der Waals surface area contributed by atoms with Crippen LogP contribution in [0.5, 0.6) is 0 Å². The molecule has 1 aromatic carbocycles. The molecule has 4 fully saturated rings. The van der Waals surface area contributed by atoms with Crippen molar-refractivity contribution in [2.45, 2.75) is 88.1 Å². The first-order valence-corrected chi connectivity index (χ1v) is 14.2. The fourth-order valence-electron chi connectivity index (χ4n) is 7.51. The Labute approximate surface area is 225 Å². The summed E-state index contributed by atoms with van der Waals surface area (Å²) in [6.07, 6.45) is 7.92. The summed E-state index contributed by atoms with van der Waals surface area (Å²) in [5.74, 6) is -2.43. The highest BCUT2D eigenvalue weighted by atomic mass is 16.6. The van der Waals surface area contributed by atoms with Crippen molar-refractivity contribution in [1.29, 1.82) is 0 Å². The molecule has 1 saturated carbocycles. The van der Waals surface area contributed by atoms with Crippen LogP contribution in [0, 0.1) is 11.8 Å². The smallest absolute Gasteiger partial charge is 0.312 e. The zero-order valence-corrected chi connectivity index (χ0v) is 22.3. The Bertz CT molecular complexity index is 1040. The Morgan fingerprint density at radius 1 is 1.24 bits per heavy atom. The van der Waals surface area contributed by atoms with Crippen LogP contribution in [0.3, 0.4) is 0 Å². The maximum Gasteiger partial charge on any atom is 0.312 e. The van der Waals surface area contributed by atoms with Crippen molar-refractivity contribution in [2.75, 3.05) is 19.8 Å². The number of ether oxygens (including phenoxy) is 2. The Morgan fingerprint density at radius 3 is 2.63 bits per heavy atom. The first-order chi connectivity index (χ1) is 18.5. The van der Waals surface area contributed by atoms with Gasteiger partial charge in [0.25, 0.3) is 0 Å². The van der Waals surface area contributed by atoms with Gasteiger partial charge in [-0.05, 0) is 44.6 Å². The summed E-state index contributed by atoms with van der Waals surface area (Å²) >= 11 is 0. The van der Waals surface area contributed by atoms with Gasteiger partial charge in [0, 0.05) is 12.6 Å². The van der Waals surface area contributed by atoms with E-state index in [1.165, 1.54) is 0 Å². The second-order valence-corrected chi connectivity index (χ2v) is 11.2. The molecule has 8 nitrogen and oxygen atoms in total. The van der Waals surface area contributed by atoms with Crippen molar-refractivity contribution < 1.29 is 29.0 Å². The van der Waals surface area contributed by atoms with Crippen LogP contribution in [0.15, 0.2) is 43.0 Å². The number of hydrogen-bond donors (Lipinski definition) is 1. The zero-order valence-electron chi connectivity index (χ0n) is 22.3. The molecule has 2 bridgehead atoms. The highest BCUT2D eigenvalue weighted by Crippen LogP contribution is 2.59. The van der Waals surface area contributed by atoms with Crippen LogP contribution in [-0.2, 0) is 30.3 Å². The highest BCUT2D eigenvalue weighted by molar-refractivity contribution is 5.98. The van der Waals surface area contributed by atoms with Gasteiger partial charge >= 0.3 is 5.97 Å². The fourth-order valence-corrected chi connectivity index (χ4v) is 7.51. The van der Waals surface area contributed by atoms with Crippen molar-refractivity contribution >= 4 is 17.8 Å². The number of esters is 1. The SMILES string of the molecule is C=CCN(C(=O)[C@H]1N([C@@H](CO)Cc2ccccc2)C(=O)[C@@H]2[C@@H](C(=O)OCC)[C@H]3CC[C@]21O3)C1CCCCC1. The minimum Gasteiger partial charge on any atom is -0.466 e. The molecule has 0 radical (unpaired) electrons. The molecule has 1 aromatic rings. The van der Waals surface area contributed by atoms with Crippen LogP contribution in [-0.4, -0.2) is 82.3 Å². The number of likely N-dealkylation sites (tertiary alicyclic amines) is 1. The van der Waals surface area contributed by atoms with Gasteiger partial charge in [-0.15, -0.1) is 6.58 Å². The Kier molecular flexibility index (Phi) is 7.91. The van der Waals surface area contributed by atoms with Crippen LogP contribution >= 0.6 is 0 Å². The molecule has 4 aliphatic rings. The van der Waals surface area contributed by atoms with Crippen LogP contribution in [0.25, 0.3) is 0 Å². The van der Waals surface area contributed by atoms with Gasteiger partial charge < -0.3 is 24.4 Å². The molecule has 3 saturated heterocycles. The van der Waals surface area contributed by atoms with E-state index in [9.17, 15) is 19.5 Å². The summed E-state index contributed by atoms with van der Waals surface area (Å²) in [5.41, 5.74) is -0.142. The van der Waals surface area contributed by atoms with Gasteiger partial charge in [-0.1, -0.05) is 55.7 Å². The van der Waals surface area contributed by atoms with Gasteiger partial charge in [0.15, 0.2) is 0 Å². The summed E-state index contributed by atoms with van der Waals surface area (Å²) < 4.78 is 11.9. The zero-order chi connectivity index (χ0) is 26.9. The number of carbonyl (C=O) groups excluding carboxylic acids is 3. The standard InChI is InChI=1S/C30H40N2O6/c1-3-17-31(21-13-9-6-10-14-21)28(35)26-30-16-15-23(38-30)24(29(36)37-4-2)25(30)27(34)32(26)22(19-33)18-20-11-7-5-8-12-20/h3,5,7-8,11-12,21-26,33H,1,4,6,9-10,13-19H2,2H3/t22-,23-,24+,25+,26-,30+/m1/s1. The Morgan fingerprint density at radius 2 is 1.97 bits per heavy atom. The number of rotatable bonds is 10. The van der Waals surface area contributed by atoms with Crippen molar-refractivity contribution in [1.82, 2.24) is 9.80 Å². The van der Waals surface area contributed by atoms with E-state index in [0.29, 0.717) is 25.8 Å². The quantitative estimate of drug-likeness (QED) is 0.374. The molecular weight excluding hydrogens is 484 g/mol. The maximum absolute atomic E-state index is 14.6. The van der Waals surface area contributed by atoms with E-state index in [1.807, 2.05) is 35.2 Å². The van der Waals surface area contributed by atoms with Crippen molar-refractivity contribution in [2.24, 2.45) is 11.8 Å². The number of aliphatic hydroxyl groups is 1. The third kappa shape index (κ3) is 4.45. The van der Waals surface area contributed by atoms with E-state index in [-0.39, 0.29) is 31.1 Å². The minimum atomic E-state index is -1.10. The highest BCUT2D eigenvalue weighted by Gasteiger charge is 2.75. The molecule has 5 rings (SSSR count). The first-order valence-electron chi connectivity index (χ1n) is 14.2. The van der Waals surface area contributed by atoms with Gasteiger partial charge in [0.2, 0.25) is 11.8 Å². The molecule has 3 heterocycles. The van der Waals surface area contributed by atoms with Crippen LogP contribution < -0.4 is 0 Å². The van der Waals surface area contributed by atoms with E-state index in [2.05, 4.69) is 6.58 Å². The Balaban J connectivity index is 1.56. The van der Waals surface area contributed by atoms with Gasteiger partial charge in [0.1, 0.15) is 11.6 Å². The van der Waals surface area contributed by atoms with Crippen LogP contribution in [0.1, 0.15) is 57.4 Å². The molecule has 1 spiro atoms. The van der Waals surface area contributed by atoms with E-state index in [0.717, 1.165) is 37.7 Å². The van der Waals surface area contributed by atoms with Crippen molar-refractivity contribution in [3.8, 4) is 0 Å². The molecule has 1 N–H and O–H groups in total. The number of carbonyl (C=O) groups is 3. The van der Waals surface area contributed by atoms with Crippen LogP contribution in [0.4, 0.5) is 0 Å². The molecule has 38 heavy (non-hydrogen) atoms. The number of hydrogen-bond acceptors (Lipinski definition) is 6. The summed E-state index contributed by atoms with van der Waals surface area (Å²) in [6, 6.07) is 8.20. The van der Waals surface area contributed by atoms with E-state index in [4.69, 9.17) is 9.47 Å². The summed E-state index contributed by atoms with van der Waals surface area (Å²) in [7, 11) is 0. The molecule has 0 aromatic heterocycles. The average Bonchev–Trinajstić information content (AvgIpc) is 3.58. The molecular formula is C30H40N2O6. The third-order valence-corrected chi connectivity index (χ3v) is 9.07. The van der Waals surface area contributed by atoms with Crippen molar-refractivity contribution in [3.63, 3.8) is 0 Å². The van der Waals surface area contributed by atoms with E-state index in [1.54, 1.807) is 17.9 Å². The summed E-state index contributed by atoms with van der Waals surface area (Å²) in [5, 5.41) is 10.6. The normalized spacial score (nSPS) is 31.2. The average molecular weight is 525 g/mol. The number of benzene rings is 1. The topological polar surface area (TPSA) is 96.4 Å². The lowest BCUT2D eigenvalue weighted by Crippen LogP contribution is -2.60. The summed E-state index contributed by atoms with van der Waals surface area (Å²) in [4.78, 5) is 45.4. The van der Waals surface area contributed by atoms with Gasteiger partial charge in [0.05, 0.1) is 37.2 Å². The van der Waals surface area contributed by atoms with Gasteiger partial charge in [-0.25, -0.2) is 0 Å². The van der Waals surface area contributed by atoms with Crippen molar-refractivity contribution in [3.05, 3.63) is 48.6 Å². The van der Waals surface area contributed by atoms with E-state index < -0.39 is 41.6 Å². The molecule has 2 amide bonds. The predicted molar refractivity (Wildman–Crippen MR) is 141 cm³/mol. The lowest BCUT2D eigenvalue weighted by molar-refractivity contribution is -0.156. The number of nitrogens with zero attached hydrogens (tertiary/aromatic N) is 2. The first kappa shape index (κ1) is 26.9. The molecule has 0 unspecified atom stereocenters. The summed E-state index contributed by atoms with van der Waals surface area (Å²) in [6.45, 7) is 5.95. The molecule has 3 aliphatic heterocycles. The van der Waals surface area contributed by atoms with Gasteiger partial charge in [-0.3, -0.25) is 14.4 Å². The van der Waals surface area contributed by atoms with E-state index >= 15 is 0 Å². The largest absolute Gasteiger partial charge is 0.466 e. The lowest BCUT2D eigenvalue weighted by Gasteiger charge is -2.42. The second kappa shape index (κ2) is 11.2. The Hall–Kier alpha value is -2.71.